The van der Waals surface area contributed by atoms with Gasteiger partial charge in [0.25, 0.3) is 0 Å². The summed E-state index contributed by atoms with van der Waals surface area (Å²) in [6.07, 6.45) is 5.73. The molecule has 0 N–H and O–H groups in total. The number of hydrogen-bond acceptors (Lipinski definition) is 7. The molecule has 0 atom stereocenters. The van der Waals surface area contributed by atoms with Crippen molar-refractivity contribution in [2.24, 2.45) is 0 Å². The van der Waals surface area contributed by atoms with Gasteiger partial charge in [-0.3, -0.25) is 9.30 Å². The summed E-state index contributed by atoms with van der Waals surface area (Å²) >= 11 is 0. The molecule has 1 aliphatic rings. The maximum atomic E-state index is 5.30. The number of nitrogens with zero attached hydrogens (tertiary/aromatic N) is 7. The second kappa shape index (κ2) is 7.03. The molecule has 1 saturated heterocycles. The lowest BCUT2D eigenvalue weighted by Gasteiger charge is -2.22. The van der Waals surface area contributed by atoms with Gasteiger partial charge in [0.1, 0.15) is 11.6 Å². The Morgan fingerprint density at radius 3 is 2.77 bits per heavy atom. The van der Waals surface area contributed by atoms with Gasteiger partial charge < -0.3 is 9.42 Å². The van der Waals surface area contributed by atoms with Gasteiger partial charge in [-0.25, -0.2) is 4.98 Å². The predicted molar refractivity (Wildman–Crippen MR) is 98.2 cm³/mol. The summed E-state index contributed by atoms with van der Waals surface area (Å²) in [5, 5.41) is 12.7. The number of hydrogen-bond donors (Lipinski definition) is 0. The van der Waals surface area contributed by atoms with Gasteiger partial charge in [-0.1, -0.05) is 12.1 Å². The van der Waals surface area contributed by atoms with Gasteiger partial charge in [0.2, 0.25) is 5.65 Å². The largest absolute Gasteiger partial charge is 0.361 e. The molecule has 0 spiro atoms. The van der Waals surface area contributed by atoms with Gasteiger partial charge in [0.15, 0.2) is 5.82 Å². The molecule has 0 aromatic carbocycles. The lowest BCUT2D eigenvalue weighted by atomic mass is 10.2. The molecule has 0 bridgehead atoms. The van der Waals surface area contributed by atoms with E-state index in [0.29, 0.717) is 0 Å². The van der Waals surface area contributed by atoms with Crippen LogP contribution in [0.5, 0.6) is 0 Å². The fraction of sp³-hybridized carbons (Fsp3) is 0.556. The maximum absolute atomic E-state index is 5.30. The first kappa shape index (κ1) is 17.0. The van der Waals surface area contributed by atoms with Gasteiger partial charge in [-0.2, -0.15) is 0 Å². The molecule has 0 amide bonds. The Morgan fingerprint density at radius 2 is 2.00 bits per heavy atom. The summed E-state index contributed by atoms with van der Waals surface area (Å²) in [5.74, 6) is 2.82. The van der Waals surface area contributed by atoms with Crippen LogP contribution in [-0.4, -0.2) is 55.8 Å². The molecule has 0 radical (unpaired) electrons. The Hall–Kier alpha value is -2.48. The van der Waals surface area contributed by atoms with Crippen LogP contribution in [0.25, 0.3) is 5.65 Å². The summed E-state index contributed by atoms with van der Waals surface area (Å²) in [4.78, 5) is 9.40. The highest BCUT2D eigenvalue weighted by Crippen LogP contribution is 2.21. The van der Waals surface area contributed by atoms with E-state index in [1.54, 1.807) is 0 Å². The second-order valence-electron chi connectivity index (χ2n) is 6.83. The van der Waals surface area contributed by atoms with E-state index in [4.69, 9.17) is 4.52 Å². The molecule has 8 heteroatoms. The lowest BCUT2D eigenvalue weighted by molar-refractivity contribution is 0.282. The van der Waals surface area contributed by atoms with E-state index in [-0.39, 0.29) is 0 Å². The third-order valence-electron chi connectivity index (χ3n) is 5.15. The van der Waals surface area contributed by atoms with E-state index in [0.717, 1.165) is 74.3 Å². The van der Waals surface area contributed by atoms with Gasteiger partial charge in [-0.05, 0) is 20.3 Å². The molecule has 0 unspecified atom stereocenters. The smallest absolute Gasteiger partial charge is 0.203 e. The molecule has 4 heterocycles. The van der Waals surface area contributed by atoms with Crippen LogP contribution in [0.2, 0.25) is 0 Å². The van der Waals surface area contributed by atoms with Gasteiger partial charge in [0, 0.05) is 57.1 Å². The number of aromatic nitrogens is 5. The van der Waals surface area contributed by atoms with E-state index in [1.807, 2.05) is 26.2 Å². The topological polar surface area (TPSA) is 75.6 Å². The fourth-order valence-corrected chi connectivity index (χ4v) is 3.62. The van der Waals surface area contributed by atoms with Crippen LogP contribution in [0.4, 0.5) is 5.82 Å². The quantitative estimate of drug-likeness (QED) is 0.708. The SMILES string of the molecule is CCc1nnc2c(N3CCCN(Cc4c(C)noc4C)CC3)nccn12. The van der Waals surface area contributed by atoms with Crippen molar-refractivity contribution in [1.82, 2.24) is 29.6 Å². The van der Waals surface area contributed by atoms with Crippen LogP contribution >= 0.6 is 0 Å². The minimum Gasteiger partial charge on any atom is -0.361 e. The molecular formula is C18H25N7O. The van der Waals surface area contributed by atoms with Crippen LogP contribution < -0.4 is 4.90 Å². The Balaban J connectivity index is 1.51. The molecule has 3 aromatic rings. The Morgan fingerprint density at radius 1 is 1.12 bits per heavy atom. The summed E-state index contributed by atoms with van der Waals surface area (Å²) in [6, 6.07) is 0. The van der Waals surface area contributed by atoms with Crippen LogP contribution in [0, 0.1) is 13.8 Å². The fourth-order valence-electron chi connectivity index (χ4n) is 3.62. The van der Waals surface area contributed by atoms with Crippen LogP contribution in [-0.2, 0) is 13.0 Å². The minimum absolute atomic E-state index is 0.850. The molecule has 26 heavy (non-hydrogen) atoms. The zero-order valence-corrected chi connectivity index (χ0v) is 15.6. The van der Waals surface area contributed by atoms with Crippen molar-refractivity contribution in [1.29, 1.82) is 0 Å². The molecule has 0 saturated carbocycles. The van der Waals surface area contributed by atoms with Crippen LogP contribution in [0.1, 0.15) is 36.2 Å². The van der Waals surface area contributed by atoms with E-state index < -0.39 is 0 Å². The third kappa shape index (κ3) is 3.05. The molecule has 138 valence electrons. The van der Waals surface area contributed by atoms with E-state index in [2.05, 4.69) is 41.5 Å². The van der Waals surface area contributed by atoms with Crippen molar-refractivity contribution in [2.45, 2.75) is 40.2 Å². The highest BCUT2D eigenvalue weighted by atomic mass is 16.5. The number of aryl methyl sites for hydroxylation is 3. The van der Waals surface area contributed by atoms with Crippen LogP contribution in [0.3, 0.4) is 0 Å². The van der Waals surface area contributed by atoms with Crippen molar-refractivity contribution in [3.8, 4) is 0 Å². The van der Waals surface area contributed by atoms with Gasteiger partial charge in [0.05, 0.1) is 5.69 Å². The minimum atomic E-state index is 0.850. The van der Waals surface area contributed by atoms with E-state index in [1.165, 1.54) is 5.56 Å². The summed E-state index contributed by atoms with van der Waals surface area (Å²) in [7, 11) is 0. The highest BCUT2D eigenvalue weighted by Gasteiger charge is 2.21. The third-order valence-corrected chi connectivity index (χ3v) is 5.15. The Labute approximate surface area is 152 Å². The Kier molecular flexibility index (Phi) is 4.58. The number of fused-ring (bicyclic) bond motifs is 1. The van der Waals surface area contributed by atoms with E-state index in [9.17, 15) is 0 Å². The molecule has 3 aromatic heterocycles. The van der Waals surface area contributed by atoms with Crippen LogP contribution in [0.15, 0.2) is 16.9 Å². The summed E-state index contributed by atoms with van der Waals surface area (Å²) < 4.78 is 7.36. The number of rotatable bonds is 4. The zero-order valence-electron chi connectivity index (χ0n) is 15.6. The zero-order chi connectivity index (χ0) is 18.1. The molecule has 1 aliphatic heterocycles. The summed E-state index contributed by atoms with van der Waals surface area (Å²) in [5.41, 5.74) is 3.05. The normalized spacial score (nSPS) is 16.3. The first-order chi connectivity index (χ1) is 12.7. The monoisotopic (exact) mass is 355 g/mol. The van der Waals surface area contributed by atoms with E-state index >= 15 is 0 Å². The Bertz CT molecular complexity index is 881. The van der Waals surface area contributed by atoms with Crippen molar-refractivity contribution in [3.05, 3.63) is 35.2 Å². The molecule has 1 fully saturated rings. The predicted octanol–water partition coefficient (Wildman–Crippen LogP) is 2.00. The van der Waals surface area contributed by atoms with Crippen molar-refractivity contribution in [2.75, 3.05) is 31.1 Å². The molecular weight excluding hydrogens is 330 g/mol. The average molecular weight is 355 g/mol. The van der Waals surface area contributed by atoms with Crippen molar-refractivity contribution >= 4 is 11.5 Å². The highest BCUT2D eigenvalue weighted by molar-refractivity contribution is 5.63. The standard InChI is InChI=1S/C18H25N7O/c1-4-16-20-21-18-17(19-6-9-25(16)18)24-8-5-7-23(10-11-24)12-15-13(2)22-26-14(15)3/h6,9H,4-5,7-8,10-12H2,1-3H3. The first-order valence-electron chi connectivity index (χ1n) is 9.25. The molecule has 0 aliphatic carbocycles. The number of anilines is 1. The van der Waals surface area contributed by atoms with Gasteiger partial charge >= 0.3 is 0 Å². The van der Waals surface area contributed by atoms with Crippen molar-refractivity contribution < 1.29 is 4.52 Å². The van der Waals surface area contributed by atoms with Gasteiger partial charge in [-0.15, -0.1) is 10.2 Å². The molecule has 8 nitrogen and oxygen atoms in total. The lowest BCUT2D eigenvalue weighted by Crippen LogP contribution is -2.31. The first-order valence-corrected chi connectivity index (χ1v) is 9.25. The average Bonchev–Trinajstić information content (AvgIpc) is 3.11. The van der Waals surface area contributed by atoms with Crippen molar-refractivity contribution in [3.63, 3.8) is 0 Å². The second-order valence-corrected chi connectivity index (χ2v) is 6.83. The molecule has 4 rings (SSSR count). The maximum Gasteiger partial charge on any atom is 0.203 e. The summed E-state index contributed by atoms with van der Waals surface area (Å²) in [6.45, 7) is 10.9.